The second-order valence-corrected chi connectivity index (χ2v) is 8.26. The highest BCUT2D eigenvalue weighted by atomic mass is 32.2. The van der Waals surface area contributed by atoms with Crippen LogP contribution in [-0.2, 0) is 15.8 Å². The molecule has 0 radical (unpaired) electrons. The number of nitrogens with two attached hydrogens (primary N) is 1. The third kappa shape index (κ3) is 3.27. The minimum Gasteiger partial charge on any atom is -0.328 e. The molecule has 1 aromatic carbocycles. The molecule has 1 unspecified atom stereocenters. The van der Waals surface area contributed by atoms with Gasteiger partial charge >= 0.3 is 0 Å². The maximum Gasteiger partial charge on any atom is 0.218 e. The number of sulfonamides is 1. The Hall–Kier alpha value is -0.980. The molecule has 0 amide bonds. The fourth-order valence-electron chi connectivity index (χ4n) is 3.53. The minimum atomic E-state index is -3.33. The van der Waals surface area contributed by atoms with E-state index in [2.05, 4.69) is 0 Å². The van der Waals surface area contributed by atoms with Gasteiger partial charge in [-0.15, -0.1) is 0 Å². The van der Waals surface area contributed by atoms with Crippen molar-refractivity contribution in [1.82, 2.24) is 4.31 Å². The molecule has 4 nitrogen and oxygen atoms in total. The topological polar surface area (TPSA) is 63.4 Å². The zero-order chi connectivity index (χ0) is 15.0. The molecule has 3 atom stereocenters. The van der Waals surface area contributed by atoms with Gasteiger partial charge in [-0.3, -0.25) is 0 Å². The summed E-state index contributed by atoms with van der Waals surface area (Å²) in [6, 6.07) is 5.88. The van der Waals surface area contributed by atoms with Crippen molar-refractivity contribution in [2.24, 2.45) is 17.6 Å². The van der Waals surface area contributed by atoms with E-state index in [1.54, 1.807) is 4.31 Å². The summed E-state index contributed by atoms with van der Waals surface area (Å²) in [5.74, 6) is 0.445. The molecule has 2 fully saturated rings. The third-order valence-corrected chi connectivity index (χ3v) is 6.50. The van der Waals surface area contributed by atoms with Gasteiger partial charge < -0.3 is 5.73 Å². The zero-order valence-electron chi connectivity index (χ0n) is 11.9. The Bertz CT molecular complexity index is 603. The Kier molecular flexibility index (Phi) is 4.03. The Balaban J connectivity index is 1.69. The van der Waals surface area contributed by atoms with E-state index in [-0.39, 0.29) is 17.6 Å². The lowest BCUT2D eigenvalue weighted by atomic mass is 9.79. The van der Waals surface area contributed by atoms with Crippen molar-refractivity contribution in [2.75, 3.05) is 13.1 Å². The number of halogens is 1. The normalized spacial score (nSPS) is 30.3. The first kappa shape index (κ1) is 14.9. The second-order valence-electron chi connectivity index (χ2n) is 6.29. The van der Waals surface area contributed by atoms with Crippen LogP contribution >= 0.6 is 0 Å². The fourth-order valence-corrected chi connectivity index (χ4v) is 5.17. The molecule has 0 spiro atoms. The highest BCUT2D eigenvalue weighted by Crippen LogP contribution is 2.37. The Morgan fingerprint density at radius 2 is 1.81 bits per heavy atom. The predicted molar refractivity (Wildman–Crippen MR) is 79.4 cm³/mol. The highest BCUT2D eigenvalue weighted by molar-refractivity contribution is 7.88. The van der Waals surface area contributed by atoms with Crippen LogP contribution in [0.4, 0.5) is 4.39 Å². The van der Waals surface area contributed by atoms with Gasteiger partial charge in [0.05, 0.1) is 5.75 Å². The number of nitrogens with zero attached hydrogens (tertiary/aromatic N) is 1. The number of hydrogen-bond acceptors (Lipinski definition) is 3. The van der Waals surface area contributed by atoms with Crippen molar-refractivity contribution in [2.45, 2.75) is 31.1 Å². The lowest BCUT2D eigenvalue weighted by Crippen LogP contribution is -2.32. The quantitative estimate of drug-likeness (QED) is 0.924. The molecule has 0 bridgehead atoms. The van der Waals surface area contributed by atoms with Gasteiger partial charge in [-0.2, -0.15) is 0 Å². The molecular weight excluding hydrogens is 291 g/mol. The van der Waals surface area contributed by atoms with Crippen LogP contribution in [0, 0.1) is 17.7 Å². The summed E-state index contributed by atoms with van der Waals surface area (Å²) < 4.78 is 39.5. The molecule has 0 aromatic heterocycles. The van der Waals surface area contributed by atoms with Crippen LogP contribution in [0.15, 0.2) is 24.3 Å². The summed E-state index contributed by atoms with van der Waals surface area (Å²) in [6.45, 7) is 1.20. The van der Waals surface area contributed by atoms with E-state index in [1.807, 2.05) is 0 Å². The van der Waals surface area contributed by atoms with Gasteiger partial charge in [-0.05, 0) is 48.8 Å². The van der Waals surface area contributed by atoms with Crippen molar-refractivity contribution in [3.63, 3.8) is 0 Å². The van der Waals surface area contributed by atoms with Crippen LogP contribution in [0.1, 0.15) is 24.8 Å². The zero-order valence-corrected chi connectivity index (χ0v) is 12.7. The SMILES string of the molecule is NC1CC[C@@H]2CN(S(=O)(=O)Cc3ccc(F)cc3)C[C@@H]2C1. The van der Waals surface area contributed by atoms with E-state index in [1.165, 1.54) is 24.3 Å². The van der Waals surface area contributed by atoms with Gasteiger partial charge in [0.2, 0.25) is 10.0 Å². The van der Waals surface area contributed by atoms with Crippen molar-refractivity contribution < 1.29 is 12.8 Å². The molecule has 6 heteroatoms. The maximum atomic E-state index is 12.9. The average molecular weight is 312 g/mol. The molecule has 116 valence electrons. The molecule has 1 heterocycles. The van der Waals surface area contributed by atoms with Gasteiger partial charge in [-0.25, -0.2) is 17.1 Å². The van der Waals surface area contributed by atoms with Crippen LogP contribution in [0.3, 0.4) is 0 Å². The molecule has 2 aliphatic rings. The van der Waals surface area contributed by atoms with Gasteiger partial charge in [0.1, 0.15) is 5.82 Å². The van der Waals surface area contributed by atoms with E-state index < -0.39 is 10.0 Å². The van der Waals surface area contributed by atoms with Crippen LogP contribution in [0.2, 0.25) is 0 Å². The summed E-state index contributed by atoms with van der Waals surface area (Å²) in [5, 5.41) is 0. The van der Waals surface area contributed by atoms with E-state index in [0.29, 0.717) is 30.5 Å². The summed E-state index contributed by atoms with van der Waals surface area (Å²) in [4.78, 5) is 0. The number of fused-ring (bicyclic) bond motifs is 1. The Morgan fingerprint density at radius 1 is 1.14 bits per heavy atom. The molecule has 3 rings (SSSR count). The average Bonchev–Trinajstić information content (AvgIpc) is 2.85. The van der Waals surface area contributed by atoms with Crippen LogP contribution in [-0.4, -0.2) is 31.9 Å². The van der Waals surface area contributed by atoms with Crippen molar-refractivity contribution >= 4 is 10.0 Å². The molecular formula is C15H21FN2O2S. The lowest BCUT2D eigenvalue weighted by Gasteiger charge is -2.28. The predicted octanol–water partition coefficient (Wildman–Crippen LogP) is 1.71. The number of benzene rings is 1. The smallest absolute Gasteiger partial charge is 0.218 e. The van der Waals surface area contributed by atoms with Gasteiger partial charge in [-0.1, -0.05) is 12.1 Å². The first-order valence-corrected chi connectivity index (χ1v) is 9.03. The van der Waals surface area contributed by atoms with Crippen LogP contribution in [0.5, 0.6) is 0 Å². The van der Waals surface area contributed by atoms with E-state index >= 15 is 0 Å². The molecule has 2 N–H and O–H groups in total. The first-order valence-electron chi connectivity index (χ1n) is 7.42. The molecule has 1 saturated heterocycles. The van der Waals surface area contributed by atoms with Gasteiger partial charge in [0.15, 0.2) is 0 Å². The van der Waals surface area contributed by atoms with Crippen molar-refractivity contribution in [1.29, 1.82) is 0 Å². The summed E-state index contributed by atoms with van der Waals surface area (Å²) in [7, 11) is -3.33. The maximum absolute atomic E-state index is 12.9. The molecule has 21 heavy (non-hydrogen) atoms. The molecule has 1 saturated carbocycles. The lowest BCUT2D eigenvalue weighted by molar-refractivity contribution is 0.271. The Morgan fingerprint density at radius 3 is 2.52 bits per heavy atom. The monoisotopic (exact) mass is 312 g/mol. The molecule has 1 aromatic rings. The van der Waals surface area contributed by atoms with Gasteiger partial charge in [0, 0.05) is 19.1 Å². The fraction of sp³-hybridized carbons (Fsp3) is 0.600. The summed E-state index contributed by atoms with van der Waals surface area (Å²) in [5.41, 5.74) is 6.61. The molecule has 1 aliphatic heterocycles. The van der Waals surface area contributed by atoms with Gasteiger partial charge in [0.25, 0.3) is 0 Å². The van der Waals surface area contributed by atoms with E-state index in [9.17, 15) is 12.8 Å². The number of rotatable bonds is 3. The third-order valence-electron chi connectivity index (χ3n) is 4.71. The van der Waals surface area contributed by atoms with Crippen LogP contribution in [0.25, 0.3) is 0 Å². The first-order chi connectivity index (χ1) is 9.94. The Labute approximate surface area is 125 Å². The van der Waals surface area contributed by atoms with E-state index in [0.717, 1.165) is 19.3 Å². The van der Waals surface area contributed by atoms with Crippen molar-refractivity contribution in [3.8, 4) is 0 Å². The standard InChI is InChI=1S/C15H21FN2O2S/c16-14-4-1-11(2-5-14)10-21(19,20)18-8-12-3-6-15(17)7-13(12)9-18/h1-2,4-5,12-13,15H,3,6-10,17H2/t12-,13+,15?/m1/s1. The van der Waals surface area contributed by atoms with Crippen molar-refractivity contribution in [3.05, 3.63) is 35.6 Å². The summed E-state index contributed by atoms with van der Waals surface area (Å²) >= 11 is 0. The number of hydrogen-bond donors (Lipinski definition) is 1. The minimum absolute atomic E-state index is 0.0568. The highest BCUT2D eigenvalue weighted by Gasteiger charge is 2.41. The van der Waals surface area contributed by atoms with Crippen LogP contribution < -0.4 is 5.73 Å². The molecule has 1 aliphatic carbocycles. The van der Waals surface area contributed by atoms with E-state index in [4.69, 9.17) is 5.73 Å². The summed E-state index contributed by atoms with van der Waals surface area (Å²) in [6.07, 6.45) is 2.94. The second kappa shape index (κ2) is 5.66. The largest absolute Gasteiger partial charge is 0.328 e.